The zero-order chi connectivity index (χ0) is 12.4. The molecular weight excluding hydrogens is 226 g/mol. The molecule has 3 rings (SSSR count). The van der Waals surface area contributed by atoms with Crippen molar-refractivity contribution in [2.45, 2.75) is 6.67 Å². The monoisotopic (exact) mass is 238 g/mol. The SMILES string of the molecule is O=c1c2ccccc2ncn1C[n+]1ccccc1. The number of aromatic nitrogens is 3. The number of fused-ring (bicyclic) bond motifs is 1. The highest BCUT2D eigenvalue weighted by molar-refractivity contribution is 5.76. The lowest BCUT2D eigenvalue weighted by atomic mass is 10.2. The molecule has 2 heterocycles. The fourth-order valence-electron chi connectivity index (χ4n) is 1.91. The molecule has 18 heavy (non-hydrogen) atoms. The standard InChI is InChI=1S/C14H12N3O/c18-14-12-6-2-3-7-13(12)15-10-17(14)11-16-8-4-1-5-9-16/h1-10H,11H2/q+1. The second kappa shape index (κ2) is 4.41. The Morgan fingerprint density at radius 3 is 2.67 bits per heavy atom. The fraction of sp³-hybridized carbons (Fsp3) is 0.0714. The van der Waals surface area contributed by atoms with Crippen LogP contribution >= 0.6 is 0 Å². The predicted molar refractivity (Wildman–Crippen MR) is 68.0 cm³/mol. The maximum absolute atomic E-state index is 12.2. The van der Waals surface area contributed by atoms with Crippen LogP contribution in [0.5, 0.6) is 0 Å². The first-order valence-corrected chi connectivity index (χ1v) is 5.73. The van der Waals surface area contributed by atoms with Gasteiger partial charge >= 0.3 is 0 Å². The zero-order valence-corrected chi connectivity index (χ0v) is 9.73. The molecule has 0 bridgehead atoms. The molecule has 2 aromatic heterocycles. The van der Waals surface area contributed by atoms with Gasteiger partial charge in [0.15, 0.2) is 12.4 Å². The molecule has 0 saturated carbocycles. The molecule has 0 aliphatic heterocycles. The maximum Gasteiger partial charge on any atom is 0.266 e. The van der Waals surface area contributed by atoms with Crippen molar-refractivity contribution in [3.63, 3.8) is 0 Å². The topological polar surface area (TPSA) is 38.8 Å². The van der Waals surface area contributed by atoms with Crippen LogP contribution in [0.25, 0.3) is 10.9 Å². The van der Waals surface area contributed by atoms with Gasteiger partial charge in [-0.05, 0) is 12.1 Å². The third-order valence-corrected chi connectivity index (χ3v) is 2.82. The van der Waals surface area contributed by atoms with Crippen LogP contribution in [-0.4, -0.2) is 9.55 Å². The minimum Gasteiger partial charge on any atom is -0.268 e. The minimum atomic E-state index is -0.0167. The van der Waals surface area contributed by atoms with Crippen LogP contribution in [-0.2, 0) is 6.67 Å². The van der Waals surface area contributed by atoms with Crippen LogP contribution < -0.4 is 10.1 Å². The normalized spacial score (nSPS) is 10.7. The lowest BCUT2D eigenvalue weighted by Gasteiger charge is -2.02. The molecule has 0 N–H and O–H groups in total. The number of hydrogen-bond donors (Lipinski definition) is 0. The van der Waals surface area contributed by atoms with E-state index >= 15 is 0 Å². The van der Waals surface area contributed by atoms with E-state index in [4.69, 9.17) is 0 Å². The minimum absolute atomic E-state index is 0.0167. The Morgan fingerprint density at radius 1 is 1.06 bits per heavy atom. The van der Waals surface area contributed by atoms with E-state index in [0.717, 1.165) is 5.52 Å². The summed E-state index contributed by atoms with van der Waals surface area (Å²) in [6, 6.07) is 13.2. The van der Waals surface area contributed by atoms with Crippen molar-refractivity contribution in [3.05, 3.63) is 71.5 Å². The summed E-state index contributed by atoms with van der Waals surface area (Å²) in [7, 11) is 0. The summed E-state index contributed by atoms with van der Waals surface area (Å²) in [6.45, 7) is 0.470. The van der Waals surface area contributed by atoms with Gasteiger partial charge in [-0.25, -0.2) is 9.55 Å². The number of rotatable bonds is 2. The van der Waals surface area contributed by atoms with Crippen molar-refractivity contribution in [3.8, 4) is 0 Å². The average Bonchev–Trinajstić information content (AvgIpc) is 2.43. The predicted octanol–water partition coefficient (Wildman–Crippen LogP) is 1.19. The lowest BCUT2D eigenvalue weighted by molar-refractivity contribution is -0.701. The molecule has 4 nitrogen and oxygen atoms in total. The zero-order valence-electron chi connectivity index (χ0n) is 9.73. The van der Waals surface area contributed by atoms with Gasteiger partial charge in [0.25, 0.3) is 5.56 Å². The van der Waals surface area contributed by atoms with Gasteiger partial charge in [-0.15, -0.1) is 0 Å². The van der Waals surface area contributed by atoms with E-state index in [-0.39, 0.29) is 5.56 Å². The van der Waals surface area contributed by atoms with Crippen molar-refractivity contribution >= 4 is 10.9 Å². The summed E-state index contributed by atoms with van der Waals surface area (Å²) in [5.74, 6) is 0. The first-order valence-electron chi connectivity index (χ1n) is 5.73. The number of para-hydroxylation sites is 1. The highest BCUT2D eigenvalue weighted by Crippen LogP contribution is 2.03. The summed E-state index contributed by atoms with van der Waals surface area (Å²) < 4.78 is 3.53. The average molecular weight is 238 g/mol. The van der Waals surface area contributed by atoms with E-state index in [1.54, 1.807) is 17.0 Å². The highest BCUT2D eigenvalue weighted by atomic mass is 16.1. The Morgan fingerprint density at radius 2 is 1.83 bits per heavy atom. The molecular formula is C14H12N3O+. The lowest BCUT2D eigenvalue weighted by Crippen LogP contribution is -2.40. The fourth-order valence-corrected chi connectivity index (χ4v) is 1.91. The smallest absolute Gasteiger partial charge is 0.266 e. The first kappa shape index (κ1) is 10.7. The molecule has 0 aliphatic carbocycles. The van der Waals surface area contributed by atoms with Crippen molar-refractivity contribution in [1.29, 1.82) is 0 Å². The molecule has 0 radical (unpaired) electrons. The Balaban J connectivity index is 2.08. The van der Waals surface area contributed by atoms with E-state index in [2.05, 4.69) is 4.98 Å². The van der Waals surface area contributed by atoms with Gasteiger partial charge in [-0.1, -0.05) is 18.2 Å². The Labute approximate surface area is 104 Å². The summed E-state index contributed by atoms with van der Waals surface area (Å²) in [5.41, 5.74) is 0.716. The summed E-state index contributed by atoms with van der Waals surface area (Å²) in [6.07, 6.45) is 5.42. The van der Waals surface area contributed by atoms with Crippen LogP contribution in [0.1, 0.15) is 0 Å². The van der Waals surface area contributed by atoms with Gasteiger partial charge in [0.2, 0.25) is 6.67 Å². The molecule has 3 aromatic rings. The quantitative estimate of drug-likeness (QED) is 0.629. The van der Waals surface area contributed by atoms with E-state index in [1.807, 2.05) is 53.4 Å². The molecule has 0 aliphatic rings. The van der Waals surface area contributed by atoms with Crippen LogP contribution in [0.4, 0.5) is 0 Å². The Kier molecular flexibility index (Phi) is 2.61. The second-order valence-corrected chi connectivity index (χ2v) is 4.07. The number of nitrogens with zero attached hydrogens (tertiary/aromatic N) is 3. The maximum atomic E-state index is 12.2. The molecule has 0 saturated heterocycles. The second-order valence-electron chi connectivity index (χ2n) is 4.07. The molecule has 0 atom stereocenters. The molecule has 88 valence electrons. The molecule has 1 aromatic carbocycles. The first-order chi connectivity index (χ1) is 8.84. The van der Waals surface area contributed by atoms with E-state index < -0.39 is 0 Å². The molecule has 0 unspecified atom stereocenters. The molecule has 0 spiro atoms. The van der Waals surface area contributed by atoms with Crippen LogP contribution in [0.15, 0.2) is 66.0 Å². The van der Waals surface area contributed by atoms with Crippen molar-refractivity contribution in [1.82, 2.24) is 9.55 Å². The van der Waals surface area contributed by atoms with Gasteiger partial charge in [0, 0.05) is 12.1 Å². The van der Waals surface area contributed by atoms with Gasteiger partial charge in [0.05, 0.1) is 10.9 Å². The highest BCUT2D eigenvalue weighted by Gasteiger charge is 2.06. The molecule has 4 heteroatoms. The van der Waals surface area contributed by atoms with Gasteiger partial charge < -0.3 is 0 Å². The van der Waals surface area contributed by atoms with Gasteiger partial charge in [-0.3, -0.25) is 4.79 Å². The van der Waals surface area contributed by atoms with E-state index in [9.17, 15) is 4.79 Å². The van der Waals surface area contributed by atoms with E-state index in [0.29, 0.717) is 12.1 Å². The summed E-state index contributed by atoms with van der Waals surface area (Å²) in [5, 5.41) is 0.650. The number of benzene rings is 1. The largest absolute Gasteiger partial charge is 0.268 e. The molecule has 0 fully saturated rings. The molecule has 0 amide bonds. The Bertz CT molecular complexity index is 735. The number of pyridine rings is 1. The third kappa shape index (κ3) is 1.88. The Hall–Kier alpha value is -2.49. The third-order valence-electron chi connectivity index (χ3n) is 2.82. The van der Waals surface area contributed by atoms with Crippen LogP contribution in [0.3, 0.4) is 0 Å². The summed E-state index contributed by atoms with van der Waals surface area (Å²) in [4.78, 5) is 16.5. The number of hydrogen-bond acceptors (Lipinski definition) is 2. The van der Waals surface area contributed by atoms with Crippen molar-refractivity contribution in [2.24, 2.45) is 0 Å². The van der Waals surface area contributed by atoms with Crippen LogP contribution in [0, 0.1) is 0 Å². The van der Waals surface area contributed by atoms with Crippen LogP contribution in [0.2, 0.25) is 0 Å². The van der Waals surface area contributed by atoms with Gasteiger partial charge in [0.1, 0.15) is 6.33 Å². The van der Waals surface area contributed by atoms with Crippen molar-refractivity contribution in [2.75, 3.05) is 0 Å². The van der Waals surface area contributed by atoms with Crippen molar-refractivity contribution < 1.29 is 4.57 Å². The van der Waals surface area contributed by atoms with Gasteiger partial charge in [-0.2, -0.15) is 4.57 Å². The van der Waals surface area contributed by atoms with E-state index in [1.165, 1.54) is 0 Å². The summed E-state index contributed by atoms with van der Waals surface area (Å²) >= 11 is 0.